The van der Waals surface area contributed by atoms with Crippen molar-refractivity contribution in [3.63, 3.8) is 0 Å². The molecule has 0 aliphatic rings. The van der Waals surface area contributed by atoms with Crippen molar-refractivity contribution >= 4 is 5.91 Å². The first-order chi connectivity index (χ1) is 11.6. The van der Waals surface area contributed by atoms with Crippen molar-refractivity contribution < 1.29 is 18.3 Å². The van der Waals surface area contributed by atoms with Gasteiger partial charge in [0.15, 0.2) is 18.1 Å². The summed E-state index contributed by atoms with van der Waals surface area (Å²) in [6.45, 7) is 1.67. The zero-order valence-electron chi connectivity index (χ0n) is 12.6. The number of carbonyl (C=O) groups excluding carboxylic acids is 1. The van der Waals surface area contributed by atoms with Crippen molar-refractivity contribution in [2.75, 3.05) is 0 Å². The first-order valence-electron chi connectivity index (χ1n) is 6.99. The van der Waals surface area contributed by atoms with E-state index < -0.39 is 17.8 Å². The molecular weight excluding hydrogens is 319 g/mol. The minimum absolute atomic E-state index is 0.0306. The second kappa shape index (κ2) is 6.86. The highest BCUT2D eigenvalue weighted by Gasteiger charge is 2.18. The number of carbonyl (C=O) groups is 1. The van der Waals surface area contributed by atoms with Crippen LogP contribution in [0, 0.1) is 5.82 Å². The molecule has 24 heavy (non-hydrogen) atoms. The maximum absolute atomic E-state index is 13.1. The maximum Gasteiger partial charge on any atom is 0.273 e. The lowest BCUT2D eigenvalue weighted by molar-refractivity contribution is 0.0933. The lowest BCUT2D eigenvalue weighted by atomic mass is 10.3. The number of benzene rings is 1. The van der Waals surface area contributed by atoms with E-state index in [1.807, 2.05) is 0 Å². The van der Waals surface area contributed by atoms with E-state index in [9.17, 15) is 9.18 Å². The Morgan fingerprint density at radius 2 is 2.38 bits per heavy atom. The summed E-state index contributed by atoms with van der Waals surface area (Å²) in [5.41, 5.74) is 0.0863. The normalized spacial score (nSPS) is 11.9. The van der Waals surface area contributed by atoms with Gasteiger partial charge in [-0.15, -0.1) is 10.2 Å². The van der Waals surface area contributed by atoms with Crippen LogP contribution in [-0.4, -0.2) is 31.5 Å². The predicted molar refractivity (Wildman–Crippen MR) is 77.3 cm³/mol. The molecule has 0 bridgehead atoms. The van der Waals surface area contributed by atoms with Crippen molar-refractivity contribution in [1.29, 1.82) is 0 Å². The number of halogens is 1. The third-order valence-corrected chi connectivity index (χ3v) is 3.04. The summed E-state index contributed by atoms with van der Waals surface area (Å²) in [5.74, 6) is 0.0199. The molecule has 1 aromatic carbocycles. The number of ether oxygens (including phenoxy) is 1. The minimum Gasteiger partial charge on any atom is -0.484 e. The van der Waals surface area contributed by atoms with Gasteiger partial charge in [-0.25, -0.2) is 9.37 Å². The number of aromatic nitrogens is 5. The number of rotatable bonds is 6. The van der Waals surface area contributed by atoms with Crippen molar-refractivity contribution in [3.8, 4) is 5.75 Å². The second-order valence-electron chi connectivity index (χ2n) is 4.84. The Hall–Kier alpha value is -3.30. The van der Waals surface area contributed by atoms with Crippen LogP contribution < -0.4 is 10.1 Å². The molecule has 0 saturated heterocycles. The summed E-state index contributed by atoms with van der Waals surface area (Å²) in [6.07, 6.45) is 1.21. The zero-order chi connectivity index (χ0) is 16.9. The number of amides is 1. The van der Waals surface area contributed by atoms with Gasteiger partial charge in [0, 0.05) is 6.07 Å². The van der Waals surface area contributed by atoms with Gasteiger partial charge in [0.25, 0.3) is 5.91 Å². The topological polar surface area (TPSA) is 119 Å². The Kier molecular flexibility index (Phi) is 4.45. The third-order valence-electron chi connectivity index (χ3n) is 3.04. The standard InChI is InChI=1S/C14H13FN6O3/c1-8(13-18-20-21-19-13)16-14(22)11-6-24-12(17-11)7-23-10-4-2-3-9(15)5-10/h2-6,8H,7H2,1H3,(H,16,22)(H,18,19,20,21)/t8-/m1/s1. The number of hydrogen-bond acceptors (Lipinski definition) is 7. The van der Waals surface area contributed by atoms with Crippen molar-refractivity contribution in [1.82, 2.24) is 30.9 Å². The van der Waals surface area contributed by atoms with E-state index in [1.54, 1.807) is 13.0 Å². The quantitative estimate of drug-likeness (QED) is 0.700. The number of H-pyrrole nitrogens is 1. The predicted octanol–water partition coefficient (Wildman–Crippen LogP) is 1.40. The van der Waals surface area contributed by atoms with Crippen LogP contribution in [0.15, 0.2) is 34.9 Å². The number of hydrogen-bond donors (Lipinski definition) is 2. The van der Waals surface area contributed by atoms with Crippen LogP contribution >= 0.6 is 0 Å². The molecule has 0 spiro atoms. The van der Waals surface area contributed by atoms with E-state index in [0.717, 1.165) is 0 Å². The maximum atomic E-state index is 13.1. The van der Waals surface area contributed by atoms with Crippen LogP contribution in [-0.2, 0) is 6.61 Å². The number of nitrogens with one attached hydrogen (secondary N) is 2. The molecule has 2 N–H and O–H groups in total. The molecule has 2 heterocycles. The molecule has 0 unspecified atom stereocenters. The second-order valence-corrected chi connectivity index (χ2v) is 4.84. The molecule has 3 aromatic rings. The molecule has 2 aromatic heterocycles. The molecule has 0 saturated carbocycles. The van der Waals surface area contributed by atoms with Gasteiger partial charge in [-0.3, -0.25) is 4.79 Å². The van der Waals surface area contributed by atoms with E-state index in [4.69, 9.17) is 9.15 Å². The van der Waals surface area contributed by atoms with Gasteiger partial charge in [-0.2, -0.15) is 5.21 Å². The highest BCUT2D eigenvalue weighted by atomic mass is 19.1. The molecule has 0 aliphatic heterocycles. The number of tetrazole rings is 1. The monoisotopic (exact) mass is 332 g/mol. The highest BCUT2D eigenvalue weighted by Crippen LogP contribution is 2.14. The number of oxazole rings is 1. The molecule has 0 aliphatic carbocycles. The van der Waals surface area contributed by atoms with Gasteiger partial charge in [0.1, 0.15) is 17.8 Å². The van der Waals surface area contributed by atoms with Crippen LogP contribution in [0.4, 0.5) is 4.39 Å². The fraction of sp³-hybridized carbons (Fsp3) is 0.214. The van der Waals surface area contributed by atoms with Crippen LogP contribution in [0.2, 0.25) is 0 Å². The molecule has 0 fully saturated rings. The van der Waals surface area contributed by atoms with Crippen molar-refractivity contribution in [2.45, 2.75) is 19.6 Å². The molecule has 1 atom stereocenters. The average Bonchev–Trinajstić information content (AvgIpc) is 3.25. The Morgan fingerprint density at radius 1 is 1.50 bits per heavy atom. The molecule has 9 nitrogen and oxygen atoms in total. The molecule has 124 valence electrons. The van der Waals surface area contributed by atoms with E-state index in [2.05, 4.69) is 30.9 Å². The average molecular weight is 332 g/mol. The molecule has 1 amide bonds. The van der Waals surface area contributed by atoms with Gasteiger partial charge < -0.3 is 14.5 Å². The summed E-state index contributed by atoms with van der Waals surface area (Å²) in [4.78, 5) is 16.1. The van der Waals surface area contributed by atoms with Crippen molar-refractivity contribution in [2.24, 2.45) is 0 Å². The summed E-state index contributed by atoms with van der Waals surface area (Å²) < 4.78 is 23.6. The summed E-state index contributed by atoms with van der Waals surface area (Å²) in [5, 5.41) is 15.9. The van der Waals surface area contributed by atoms with Gasteiger partial charge in [0.2, 0.25) is 5.89 Å². The van der Waals surface area contributed by atoms with Gasteiger partial charge in [-0.1, -0.05) is 11.3 Å². The van der Waals surface area contributed by atoms with Crippen LogP contribution in [0.3, 0.4) is 0 Å². The van der Waals surface area contributed by atoms with E-state index in [0.29, 0.717) is 11.6 Å². The highest BCUT2D eigenvalue weighted by molar-refractivity contribution is 5.92. The minimum atomic E-state index is -0.451. The first-order valence-corrected chi connectivity index (χ1v) is 6.99. The van der Waals surface area contributed by atoms with E-state index >= 15 is 0 Å². The van der Waals surface area contributed by atoms with E-state index in [1.165, 1.54) is 24.5 Å². The Labute approximate surface area is 135 Å². The van der Waals surface area contributed by atoms with Gasteiger partial charge in [-0.05, 0) is 19.1 Å². The van der Waals surface area contributed by atoms with E-state index in [-0.39, 0.29) is 18.2 Å². The molecule has 3 rings (SSSR count). The smallest absolute Gasteiger partial charge is 0.273 e. The first kappa shape index (κ1) is 15.6. The fourth-order valence-electron chi connectivity index (χ4n) is 1.87. The molecule has 0 radical (unpaired) electrons. The SMILES string of the molecule is C[C@@H](NC(=O)c1coc(COc2cccc(F)c2)n1)c1nn[nH]n1. The lowest BCUT2D eigenvalue weighted by Crippen LogP contribution is -2.27. The number of aromatic amines is 1. The molecular formula is C14H13FN6O3. The van der Waals surface area contributed by atoms with Crippen LogP contribution in [0.25, 0.3) is 0 Å². The summed E-state index contributed by atoms with van der Waals surface area (Å²) >= 11 is 0. The molecule has 10 heteroatoms. The largest absolute Gasteiger partial charge is 0.484 e. The summed E-state index contributed by atoms with van der Waals surface area (Å²) in [7, 11) is 0. The van der Waals surface area contributed by atoms with Crippen LogP contribution in [0.1, 0.15) is 35.2 Å². The lowest BCUT2D eigenvalue weighted by Gasteiger charge is -2.07. The van der Waals surface area contributed by atoms with Gasteiger partial charge in [0.05, 0.1) is 6.04 Å². The Bertz CT molecular complexity index is 820. The summed E-state index contributed by atoms with van der Waals surface area (Å²) in [6, 6.07) is 5.24. The number of nitrogens with zero attached hydrogens (tertiary/aromatic N) is 4. The third kappa shape index (κ3) is 3.72. The Morgan fingerprint density at radius 3 is 3.12 bits per heavy atom. The van der Waals surface area contributed by atoms with Gasteiger partial charge >= 0.3 is 0 Å². The fourth-order valence-corrected chi connectivity index (χ4v) is 1.87. The van der Waals surface area contributed by atoms with Crippen molar-refractivity contribution in [3.05, 3.63) is 53.8 Å². The zero-order valence-corrected chi connectivity index (χ0v) is 12.6. The van der Waals surface area contributed by atoms with Crippen LogP contribution in [0.5, 0.6) is 5.75 Å². The Balaban J connectivity index is 1.57.